The molecule has 1 rings (SSSR count). The molecule has 0 aliphatic heterocycles. The first kappa shape index (κ1) is 14.5. The standard InChI is InChI=1S/C14H21NO3/c1-8(2)12(16)7-15-14(18)11-6-9(3)5-10(4)13(11)17/h5-6,8,12,16-17H,7H2,1-4H3,(H,15,18). The summed E-state index contributed by atoms with van der Waals surface area (Å²) in [6.07, 6.45) is -0.581. The van der Waals surface area contributed by atoms with Crippen LogP contribution in [0.15, 0.2) is 12.1 Å². The summed E-state index contributed by atoms with van der Waals surface area (Å²) in [6, 6.07) is 3.45. The van der Waals surface area contributed by atoms with Gasteiger partial charge in [0.1, 0.15) is 5.75 Å². The lowest BCUT2D eigenvalue weighted by atomic mass is 10.0. The van der Waals surface area contributed by atoms with Gasteiger partial charge in [-0.15, -0.1) is 0 Å². The third-order valence-electron chi connectivity index (χ3n) is 2.93. The fraction of sp³-hybridized carbons (Fsp3) is 0.500. The van der Waals surface area contributed by atoms with E-state index >= 15 is 0 Å². The van der Waals surface area contributed by atoms with Crippen LogP contribution in [-0.2, 0) is 0 Å². The van der Waals surface area contributed by atoms with Gasteiger partial charge < -0.3 is 15.5 Å². The van der Waals surface area contributed by atoms with Crippen LogP contribution in [0.2, 0.25) is 0 Å². The lowest BCUT2D eigenvalue weighted by molar-refractivity contribution is 0.0869. The molecule has 1 aromatic rings. The second kappa shape index (κ2) is 5.87. The van der Waals surface area contributed by atoms with Crippen LogP contribution in [-0.4, -0.2) is 28.8 Å². The largest absolute Gasteiger partial charge is 0.507 e. The highest BCUT2D eigenvalue weighted by Gasteiger charge is 2.16. The molecule has 3 N–H and O–H groups in total. The van der Waals surface area contributed by atoms with Crippen LogP contribution in [0.5, 0.6) is 5.75 Å². The van der Waals surface area contributed by atoms with Crippen molar-refractivity contribution in [3.05, 3.63) is 28.8 Å². The summed E-state index contributed by atoms with van der Waals surface area (Å²) in [5.41, 5.74) is 1.84. The molecule has 1 amide bonds. The van der Waals surface area contributed by atoms with Gasteiger partial charge in [0.25, 0.3) is 5.91 Å². The van der Waals surface area contributed by atoms with E-state index in [1.807, 2.05) is 26.8 Å². The second-order valence-corrected chi connectivity index (χ2v) is 5.00. The molecule has 4 heteroatoms. The molecule has 1 unspecified atom stereocenters. The zero-order valence-electron chi connectivity index (χ0n) is 11.3. The first-order valence-electron chi connectivity index (χ1n) is 6.09. The first-order valence-corrected chi connectivity index (χ1v) is 6.09. The highest BCUT2D eigenvalue weighted by atomic mass is 16.3. The van der Waals surface area contributed by atoms with E-state index in [1.54, 1.807) is 13.0 Å². The number of aliphatic hydroxyl groups is 1. The number of phenols is 1. The Hall–Kier alpha value is -1.55. The maximum absolute atomic E-state index is 11.9. The summed E-state index contributed by atoms with van der Waals surface area (Å²) in [6.45, 7) is 7.56. The molecule has 18 heavy (non-hydrogen) atoms. The number of aryl methyl sites for hydroxylation is 2. The zero-order valence-corrected chi connectivity index (χ0v) is 11.3. The molecule has 0 aromatic heterocycles. The molecule has 0 bridgehead atoms. The molecular weight excluding hydrogens is 230 g/mol. The van der Waals surface area contributed by atoms with Crippen LogP contribution in [0.3, 0.4) is 0 Å². The third kappa shape index (κ3) is 3.47. The summed E-state index contributed by atoms with van der Waals surface area (Å²) in [5.74, 6) is -0.283. The highest BCUT2D eigenvalue weighted by Crippen LogP contribution is 2.23. The Morgan fingerprint density at radius 2 is 1.94 bits per heavy atom. The minimum atomic E-state index is -0.581. The maximum Gasteiger partial charge on any atom is 0.255 e. The van der Waals surface area contributed by atoms with Gasteiger partial charge in [-0.1, -0.05) is 19.9 Å². The van der Waals surface area contributed by atoms with Crippen molar-refractivity contribution in [3.8, 4) is 5.75 Å². The zero-order chi connectivity index (χ0) is 13.9. The second-order valence-electron chi connectivity index (χ2n) is 5.00. The van der Waals surface area contributed by atoms with Gasteiger partial charge in [-0.05, 0) is 37.0 Å². The van der Waals surface area contributed by atoms with Crippen LogP contribution < -0.4 is 5.32 Å². The summed E-state index contributed by atoms with van der Waals surface area (Å²) in [4.78, 5) is 11.9. The van der Waals surface area contributed by atoms with E-state index in [4.69, 9.17) is 0 Å². The van der Waals surface area contributed by atoms with E-state index in [0.717, 1.165) is 5.56 Å². The topological polar surface area (TPSA) is 69.6 Å². The van der Waals surface area contributed by atoms with Crippen molar-refractivity contribution in [1.29, 1.82) is 0 Å². The minimum Gasteiger partial charge on any atom is -0.507 e. The van der Waals surface area contributed by atoms with Crippen molar-refractivity contribution < 1.29 is 15.0 Å². The van der Waals surface area contributed by atoms with E-state index in [1.165, 1.54) is 0 Å². The van der Waals surface area contributed by atoms with Crippen molar-refractivity contribution in [2.24, 2.45) is 5.92 Å². The number of rotatable bonds is 4. The number of hydrogen-bond acceptors (Lipinski definition) is 3. The molecule has 1 atom stereocenters. The smallest absolute Gasteiger partial charge is 0.255 e. The molecule has 0 radical (unpaired) electrons. The van der Waals surface area contributed by atoms with E-state index < -0.39 is 6.10 Å². The number of carbonyl (C=O) groups excluding carboxylic acids is 1. The number of phenolic OH excluding ortho intramolecular Hbond substituents is 1. The number of hydrogen-bond donors (Lipinski definition) is 3. The summed E-state index contributed by atoms with van der Waals surface area (Å²) in [7, 11) is 0. The highest BCUT2D eigenvalue weighted by molar-refractivity contribution is 5.97. The number of carbonyl (C=O) groups is 1. The monoisotopic (exact) mass is 251 g/mol. The average molecular weight is 251 g/mol. The lowest BCUT2D eigenvalue weighted by Gasteiger charge is -2.16. The van der Waals surface area contributed by atoms with Crippen molar-refractivity contribution in [1.82, 2.24) is 5.32 Å². The summed E-state index contributed by atoms with van der Waals surface area (Å²) in [5, 5.41) is 22.1. The maximum atomic E-state index is 11.9. The minimum absolute atomic E-state index is 0.00265. The molecule has 0 aliphatic carbocycles. The van der Waals surface area contributed by atoms with Crippen LogP contribution in [0.1, 0.15) is 35.3 Å². The molecule has 0 aliphatic rings. The first-order chi connectivity index (χ1) is 8.32. The van der Waals surface area contributed by atoms with Gasteiger partial charge in [-0.2, -0.15) is 0 Å². The Morgan fingerprint density at radius 3 is 2.50 bits per heavy atom. The number of nitrogens with one attached hydrogen (secondary N) is 1. The Balaban J connectivity index is 2.79. The molecule has 0 heterocycles. The van der Waals surface area contributed by atoms with E-state index in [0.29, 0.717) is 5.56 Å². The average Bonchev–Trinajstić information content (AvgIpc) is 2.29. The number of aliphatic hydroxyl groups excluding tert-OH is 1. The van der Waals surface area contributed by atoms with Crippen molar-refractivity contribution in [2.45, 2.75) is 33.8 Å². The van der Waals surface area contributed by atoms with Crippen LogP contribution in [0.25, 0.3) is 0 Å². The number of aromatic hydroxyl groups is 1. The molecular formula is C14H21NO3. The van der Waals surface area contributed by atoms with Crippen LogP contribution in [0.4, 0.5) is 0 Å². The van der Waals surface area contributed by atoms with E-state index in [9.17, 15) is 15.0 Å². The van der Waals surface area contributed by atoms with Gasteiger partial charge in [-0.25, -0.2) is 0 Å². The van der Waals surface area contributed by atoms with Crippen molar-refractivity contribution in [2.75, 3.05) is 6.54 Å². The van der Waals surface area contributed by atoms with Gasteiger partial charge in [-0.3, -0.25) is 4.79 Å². The summed E-state index contributed by atoms with van der Waals surface area (Å²) >= 11 is 0. The Bertz CT molecular complexity index is 441. The van der Waals surface area contributed by atoms with Gasteiger partial charge >= 0.3 is 0 Å². The van der Waals surface area contributed by atoms with Crippen LogP contribution >= 0.6 is 0 Å². The molecule has 0 saturated carbocycles. The van der Waals surface area contributed by atoms with Gasteiger partial charge in [0, 0.05) is 6.54 Å². The van der Waals surface area contributed by atoms with Gasteiger partial charge in [0.15, 0.2) is 0 Å². The molecule has 4 nitrogen and oxygen atoms in total. The fourth-order valence-corrected chi connectivity index (χ4v) is 1.66. The number of amides is 1. The Morgan fingerprint density at radius 1 is 1.33 bits per heavy atom. The van der Waals surface area contributed by atoms with Crippen LogP contribution in [0, 0.1) is 19.8 Å². The van der Waals surface area contributed by atoms with Crippen molar-refractivity contribution >= 4 is 5.91 Å². The predicted molar refractivity (Wildman–Crippen MR) is 70.8 cm³/mol. The van der Waals surface area contributed by atoms with Crippen molar-refractivity contribution in [3.63, 3.8) is 0 Å². The quantitative estimate of drug-likeness (QED) is 0.763. The molecule has 0 saturated heterocycles. The summed E-state index contributed by atoms with van der Waals surface area (Å²) < 4.78 is 0. The predicted octanol–water partition coefficient (Wildman–Crippen LogP) is 1.76. The van der Waals surface area contributed by atoms with Gasteiger partial charge in [0.05, 0.1) is 11.7 Å². The van der Waals surface area contributed by atoms with E-state index in [2.05, 4.69) is 5.32 Å². The molecule has 0 spiro atoms. The normalized spacial score (nSPS) is 12.6. The fourth-order valence-electron chi connectivity index (χ4n) is 1.66. The SMILES string of the molecule is Cc1cc(C)c(O)c(C(=O)NCC(O)C(C)C)c1. The molecule has 1 aromatic carbocycles. The Kier molecular flexibility index (Phi) is 4.73. The Labute approximate surface area is 108 Å². The van der Waals surface area contributed by atoms with E-state index in [-0.39, 0.29) is 29.7 Å². The molecule has 0 fully saturated rings. The number of benzene rings is 1. The molecule has 100 valence electrons. The lowest BCUT2D eigenvalue weighted by Crippen LogP contribution is -2.34. The van der Waals surface area contributed by atoms with Gasteiger partial charge in [0.2, 0.25) is 0 Å². The third-order valence-corrected chi connectivity index (χ3v) is 2.93.